The van der Waals surface area contributed by atoms with Crippen LogP contribution in [0.15, 0.2) is 30.9 Å². The lowest BCUT2D eigenvalue weighted by Crippen LogP contribution is -2.42. The molecule has 1 amide bonds. The van der Waals surface area contributed by atoms with Crippen molar-refractivity contribution in [3.8, 4) is 0 Å². The highest BCUT2D eigenvalue weighted by Crippen LogP contribution is 2.13. The number of amides is 1. The number of benzene rings is 1. The van der Waals surface area contributed by atoms with E-state index in [0.717, 1.165) is 12.1 Å². The topological polar surface area (TPSA) is 55.4 Å². The van der Waals surface area contributed by atoms with E-state index in [-0.39, 0.29) is 5.56 Å². The number of methoxy groups -OCH3 is 1. The van der Waals surface area contributed by atoms with Crippen molar-refractivity contribution >= 4 is 11.9 Å². The molecule has 6 heteroatoms. The Morgan fingerprint density at radius 2 is 2.00 bits per heavy atom. The Kier molecular flexibility index (Phi) is 7.22. The minimum atomic E-state index is -0.840. The van der Waals surface area contributed by atoms with E-state index in [2.05, 4.69) is 16.6 Å². The molecule has 1 N–H and O–H groups in total. The van der Waals surface area contributed by atoms with E-state index in [9.17, 15) is 18.4 Å². The van der Waals surface area contributed by atoms with Crippen molar-refractivity contribution in [2.45, 2.75) is 31.7 Å². The molecule has 0 aromatic heterocycles. The highest BCUT2D eigenvalue weighted by Gasteiger charge is 2.22. The van der Waals surface area contributed by atoms with Crippen LogP contribution in [-0.4, -0.2) is 25.0 Å². The summed E-state index contributed by atoms with van der Waals surface area (Å²) in [5, 5.41) is 2.45. The molecule has 1 aromatic rings. The number of carbonyl (C=O) groups excluding carboxylic acids is 2. The van der Waals surface area contributed by atoms with Gasteiger partial charge in [-0.25, -0.2) is 13.6 Å². The van der Waals surface area contributed by atoms with Gasteiger partial charge in [-0.2, -0.15) is 0 Å². The first-order valence-electron chi connectivity index (χ1n) is 6.90. The van der Waals surface area contributed by atoms with E-state index >= 15 is 0 Å². The van der Waals surface area contributed by atoms with Gasteiger partial charge in [-0.3, -0.25) is 4.79 Å². The summed E-state index contributed by atoms with van der Waals surface area (Å²) in [7, 11) is 1.21. The molecule has 0 aliphatic rings. The summed E-state index contributed by atoms with van der Waals surface area (Å²) in [6.07, 6.45) is 2.91. The van der Waals surface area contributed by atoms with Crippen molar-refractivity contribution in [3.63, 3.8) is 0 Å². The lowest BCUT2D eigenvalue weighted by molar-refractivity contribution is -0.145. The van der Waals surface area contributed by atoms with E-state index in [1.54, 1.807) is 6.08 Å². The maximum absolute atomic E-state index is 13.5. The van der Waals surface area contributed by atoms with E-state index in [1.165, 1.54) is 13.2 Å². The third kappa shape index (κ3) is 5.27. The molecule has 0 aliphatic heterocycles. The molecule has 0 saturated carbocycles. The van der Waals surface area contributed by atoms with Gasteiger partial charge in [0.2, 0.25) is 5.91 Å². The van der Waals surface area contributed by atoms with Gasteiger partial charge in [0.15, 0.2) is 0 Å². The van der Waals surface area contributed by atoms with Gasteiger partial charge in [0.25, 0.3) is 0 Å². The number of esters is 1. The maximum Gasteiger partial charge on any atom is 0.328 e. The first kappa shape index (κ1) is 17.8. The van der Waals surface area contributed by atoms with Crippen molar-refractivity contribution < 1.29 is 23.1 Å². The van der Waals surface area contributed by atoms with Gasteiger partial charge in [0, 0.05) is 5.56 Å². The molecule has 0 unspecified atom stereocenters. The highest BCUT2D eigenvalue weighted by molar-refractivity contribution is 5.85. The average molecular weight is 311 g/mol. The molecule has 120 valence electrons. The third-order valence-electron chi connectivity index (χ3n) is 3.12. The summed E-state index contributed by atoms with van der Waals surface area (Å²) < 4.78 is 31.6. The van der Waals surface area contributed by atoms with Crippen LogP contribution in [0.5, 0.6) is 0 Å². The molecule has 4 nitrogen and oxygen atoms in total. The predicted octanol–water partition coefficient (Wildman–Crippen LogP) is 2.52. The quantitative estimate of drug-likeness (QED) is 0.456. The average Bonchev–Trinajstić information content (AvgIpc) is 2.49. The number of hydrogen-bond acceptors (Lipinski definition) is 3. The van der Waals surface area contributed by atoms with Crippen LogP contribution in [-0.2, 0) is 20.7 Å². The molecule has 0 heterocycles. The van der Waals surface area contributed by atoms with Gasteiger partial charge in [-0.1, -0.05) is 12.1 Å². The maximum atomic E-state index is 13.5. The largest absolute Gasteiger partial charge is 0.467 e. The van der Waals surface area contributed by atoms with Crippen LogP contribution in [0, 0.1) is 11.6 Å². The monoisotopic (exact) mass is 311 g/mol. The summed E-state index contributed by atoms with van der Waals surface area (Å²) in [5.74, 6) is -2.82. The fourth-order valence-electron chi connectivity index (χ4n) is 1.96. The molecule has 0 bridgehead atoms. The molecule has 1 rings (SSSR count). The molecule has 1 atom stereocenters. The second-order valence-electron chi connectivity index (χ2n) is 4.74. The molecule has 0 fully saturated rings. The number of ether oxygens (including phenoxy) is 1. The predicted molar refractivity (Wildman–Crippen MR) is 78.1 cm³/mol. The number of unbranched alkanes of at least 4 members (excludes halogenated alkanes) is 1. The zero-order valence-electron chi connectivity index (χ0n) is 12.4. The minimum Gasteiger partial charge on any atom is -0.467 e. The van der Waals surface area contributed by atoms with Crippen molar-refractivity contribution in [2.75, 3.05) is 7.11 Å². The van der Waals surface area contributed by atoms with Gasteiger partial charge in [0.05, 0.1) is 13.5 Å². The number of nitrogens with one attached hydrogen (secondary N) is 1. The highest BCUT2D eigenvalue weighted by atomic mass is 19.1. The third-order valence-corrected chi connectivity index (χ3v) is 3.12. The summed E-state index contributed by atoms with van der Waals surface area (Å²) in [4.78, 5) is 23.5. The van der Waals surface area contributed by atoms with E-state index in [4.69, 9.17) is 0 Å². The standard InChI is InChI=1S/C16H19F2NO3/c1-3-4-5-9-14(16(21)22-2)19-15(20)10-11-12(17)7-6-8-13(11)18/h3,6-8,14H,1,4-5,9-10H2,2H3,(H,19,20)/t14-/m0/s1. The van der Waals surface area contributed by atoms with Crippen LogP contribution < -0.4 is 5.32 Å². The summed E-state index contributed by atoms with van der Waals surface area (Å²) in [6, 6.07) is 2.53. The van der Waals surface area contributed by atoms with Crippen molar-refractivity contribution in [1.29, 1.82) is 0 Å². The zero-order chi connectivity index (χ0) is 16.5. The smallest absolute Gasteiger partial charge is 0.328 e. The van der Waals surface area contributed by atoms with E-state index in [1.807, 2.05) is 0 Å². The summed E-state index contributed by atoms with van der Waals surface area (Å²) >= 11 is 0. The number of allylic oxidation sites excluding steroid dienone is 1. The molecule has 0 radical (unpaired) electrons. The van der Waals surface area contributed by atoms with Crippen LogP contribution in [0.3, 0.4) is 0 Å². The Hall–Kier alpha value is -2.24. The molecule has 0 saturated heterocycles. The Morgan fingerprint density at radius 1 is 1.36 bits per heavy atom. The molecule has 1 aromatic carbocycles. The van der Waals surface area contributed by atoms with Gasteiger partial charge in [0.1, 0.15) is 17.7 Å². The van der Waals surface area contributed by atoms with Gasteiger partial charge >= 0.3 is 5.97 Å². The van der Waals surface area contributed by atoms with Crippen molar-refractivity contribution in [1.82, 2.24) is 5.32 Å². The summed E-state index contributed by atoms with van der Waals surface area (Å²) in [5.41, 5.74) is -0.324. The Bertz CT molecular complexity index is 526. The first-order chi connectivity index (χ1) is 10.5. The second-order valence-corrected chi connectivity index (χ2v) is 4.74. The van der Waals surface area contributed by atoms with Crippen LogP contribution in [0.25, 0.3) is 0 Å². The van der Waals surface area contributed by atoms with Gasteiger partial charge in [-0.05, 0) is 31.4 Å². The number of halogens is 2. The number of hydrogen-bond donors (Lipinski definition) is 1. The first-order valence-corrected chi connectivity index (χ1v) is 6.90. The Labute approximate surface area is 128 Å². The summed E-state index contributed by atoms with van der Waals surface area (Å²) in [6.45, 7) is 3.57. The molecule has 0 aliphatic carbocycles. The second kappa shape index (κ2) is 8.92. The minimum absolute atomic E-state index is 0.324. The SMILES string of the molecule is C=CCCC[C@H](NC(=O)Cc1c(F)cccc1F)C(=O)OC. The fraction of sp³-hybridized carbons (Fsp3) is 0.375. The number of rotatable bonds is 8. The Morgan fingerprint density at radius 3 is 2.55 bits per heavy atom. The lowest BCUT2D eigenvalue weighted by atomic mass is 10.1. The molecule has 0 spiro atoms. The van der Waals surface area contributed by atoms with Crippen LogP contribution in [0.2, 0.25) is 0 Å². The lowest BCUT2D eigenvalue weighted by Gasteiger charge is -2.16. The van der Waals surface area contributed by atoms with Crippen molar-refractivity contribution in [3.05, 3.63) is 48.1 Å². The Balaban J connectivity index is 2.70. The van der Waals surface area contributed by atoms with Crippen LogP contribution in [0.4, 0.5) is 8.78 Å². The van der Waals surface area contributed by atoms with Gasteiger partial charge < -0.3 is 10.1 Å². The van der Waals surface area contributed by atoms with Crippen molar-refractivity contribution in [2.24, 2.45) is 0 Å². The normalized spacial score (nSPS) is 11.6. The van der Waals surface area contributed by atoms with E-state index in [0.29, 0.717) is 19.3 Å². The van der Waals surface area contributed by atoms with Gasteiger partial charge in [-0.15, -0.1) is 6.58 Å². The van der Waals surface area contributed by atoms with Crippen LogP contribution in [0.1, 0.15) is 24.8 Å². The van der Waals surface area contributed by atoms with E-state index < -0.39 is 36.0 Å². The number of carbonyl (C=O) groups is 2. The van der Waals surface area contributed by atoms with Crippen LogP contribution >= 0.6 is 0 Å². The fourth-order valence-corrected chi connectivity index (χ4v) is 1.96. The molecule has 22 heavy (non-hydrogen) atoms. The zero-order valence-corrected chi connectivity index (χ0v) is 12.4. The molecular weight excluding hydrogens is 292 g/mol. The molecular formula is C16H19F2NO3.